The summed E-state index contributed by atoms with van der Waals surface area (Å²) >= 11 is 3.41. The Morgan fingerprint density at radius 1 is 1.42 bits per heavy atom. The van der Waals surface area contributed by atoms with E-state index >= 15 is 0 Å². The lowest BCUT2D eigenvalue weighted by atomic mass is 10.2. The minimum Gasteiger partial charge on any atom is -0.483 e. The number of nitrogens with two attached hydrogens (primary N) is 1. The predicted molar refractivity (Wildman–Crippen MR) is 77.9 cm³/mol. The van der Waals surface area contributed by atoms with Crippen LogP contribution in [0.25, 0.3) is 0 Å². The van der Waals surface area contributed by atoms with E-state index in [0.717, 1.165) is 28.8 Å². The normalized spacial score (nSPS) is 10.7. The van der Waals surface area contributed by atoms with Crippen LogP contribution >= 0.6 is 15.9 Å². The van der Waals surface area contributed by atoms with Crippen LogP contribution in [0.3, 0.4) is 0 Å². The van der Waals surface area contributed by atoms with Crippen molar-refractivity contribution >= 4 is 21.6 Å². The van der Waals surface area contributed by atoms with Crippen LogP contribution in [-0.4, -0.2) is 14.8 Å². The minimum absolute atomic E-state index is 0.368. The summed E-state index contributed by atoms with van der Waals surface area (Å²) in [7, 11) is 0. The molecule has 2 rings (SSSR count). The average Bonchev–Trinajstić information content (AvgIpc) is 2.76. The Hall–Kier alpha value is -1.56. The molecule has 0 unspecified atom stereocenters. The van der Waals surface area contributed by atoms with Crippen molar-refractivity contribution in [2.45, 2.75) is 33.4 Å². The van der Waals surface area contributed by atoms with E-state index in [-0.39, 0.29) is 0 Å². The molecule has 0 aliphatic carbocycles. The predicted octanol–water partition coefficient (Wildman–Crippen LogP) is 2.92. The highest BCUT2D eigenvalue weighted by atomic mass is 79.9. The Morgan fingerprint density at radius 2 is 2.21 bits per heavy atom. The molecule has 0 aliphatic rings. The first-order chi connectivity index (χ1) is 9.11. The van der Waals surface area contributed by atoms with E-state index in [9.17, 15) is 0 Å². The fourth-order valence-electron chi connectivity index (χ4n) is 1.89. The highest BCUT2D eigenvalue weighted by Crippen LogP contribution is 2.30. The molecule has 0 radical (unpaired) electrons. The Balaban J connectivity index is 2.12. The van der Waals surface area contributed by atoms with Gasteiger partial charge in [0.1, 0.15) is 18.7 Å². The number of hydrogen-bond acceptors (Lipinski definition) is 4. The van der Waals surface area contributed by atoms with Gasteiger partial charge in [0.05, 0.1) is 5.69 Å². The molecule has 1 aromatic carbocycles. The Bertz CT molecular complexity index is 545. The zero-order chi connectivity index (χ0) is 13.8. The number of hydrogen-bond donors (Lipinski definition) is 1. The fraction of sp³-hybridized carbons (Fsp3) is 0.385. The molecule has 102 valence electrons. The van der Waals surface area contributed by atoms with Crippen LogP contribution in [0, 0.1) is 6.92 Å². The molecular formula is C13H17BrN4O. The molecule has 0 aliphatic heterocycles. The molecular weight excluding hydrogens is 308 g/mol. The summed E-state index contributed by atoms with van der Waals surface area (Å²) < 4.78 is 8.58. The van der Waals surface area contributed by atoms with E-state index in [4.69, 9.17) is 10.5 Å². The molecule has 0 saturated heterocycles. The van der Waals surface area contributed by atoms with Crippen molar-refractivity contribution < 1.29 is 4.74 Å². The largest absolute Gasteiger partial charge is 0.483 e. The number of anilines is 1. The van der Waals surface area contributed by atoms with Crippen LogP contribution in [0.5, 0.6) is 5.75 Å². The van der Waals surface area contributed by atoms with E-state index in [1.807, 2.05) is 23.7 Å². The SMILES string of the molecule is CCCn1ncnc1COc1c(C)cc(Br)cc1N. The van der Waals surface area contributed by atoms with E-state index in [2.05, 4.69) is 32.9 Å². The van der Waals surface area contributed by atoms with Gasteiger partial charge in [-0.3, -0.25) is 0 Å². The Kier molecular flexibility index (Phi) is 4.42. The van der Waals surface area contributed by atoms with Gasteiger partial charge in [-0.2, -0.15) is 5.10 Å². The van der Waals surface area contributed by atoms with Crippen LogP contribution in [0.1, 0.15) is 24.7 Å². The molecule has 5 nitrogen and oxygen atoms in total. The molecule has 0 amide bonds. The van der Waals surface area contributed by atoms with Gasteiger partial charge in [0, 0.05) is 11.0 Å². The van der Waals surface area contributed by atoms with Gasteiger partial charge in [0.15, 0.2) is 5.82 Å². The van der Waals surface area contributed by atoms with Crippen molar-refractivity contribution in [1.82, 2.24) is 14.8 Å². The van der Waals surface area contributed by atoms with Crippen LogP contribution < -0.4 is 10.5 Å². The number of halogens is 1. The third-order valence-corrected chi connectivity index (χ3v) is 3.20. The molecule has 0 saturated carbocycles. The molecule has 1 heterocycles. The summed E-state index contributed by atoms with van der Waals surface area (Å²) in [5.41, 5.74) is 7.57. The molecule has 1 aromatic heterocycles. The highest BCUT2D eigenvalue weighted by Gasteiger charge is 2.09. The number of benzene rings is 1. The second-order valence-corrected chi connectivity index (χ2v) is 5.24. The molecule has 0 bridgehead atoms. The molecule has 0 atom stereocenters. The lowest BCUT2D eigenvalue weighted by Gasteiger charge is -2.12. The molecule has 19 heavy (non-hydrogen) atoms. The van der Waals surface area contributed by atoms with Gasteiger partial charge in [-0.15, -0.1) is 0 Å². The van der Waals surface area contributed by atoms with Gasteiger partial charge in [-0.25, -0.2) is 9.67 Å². The van der Waals surface area contributed by atoms with E-state index in [1.54, 1.807) is 6.33 Å². The number of nitrogens with zero attached hydrogens (tertiary/aromatic N) is 3. The number of rotatable bonds is 5. The lowest BCUT2D eigenvalue weighted by Crippen LogP contribution is -2.09. The maximum atomic E-state index is 5.96. The first-order valence-electron chi connectivity index (χ1n) is 6.17. The summed E-state index contributed by atoms with van der Waals surface area (Å²) in [5.74, 6) is 1.51. The molecule has 2 aromatic rings. The molecule has 0 spiro atoms. The summed E-state index contributed by atoms with van der Waals surface area (Å²) in [6.07, 6.45) is 2.56. The molecule has 0 fully saturated rings. The minimum atomic E-state index is 0.368. The molecule has 2 N–H and O–H groups in total. The zero-order valence-corrected chi connectivity index (χ0v) is 12.6. The zero-order valence-electron chi connectivity index (χ0n) is 11.1. The fourth-order valence-corrected chi connectivity index (χ4v) is 2.48. The van der Waals surface area contributed by atoms with Crippen LogP contribution in [0.15, 0.2) is 22.9 Å². The van der Waals surface area contributed by atoms with E-state index < -0.39 is 0 Å². The smallest absolute Gasteiger partial charge is 0.164 e. The number of aryl methyl sites for hydroxylation is 2. The van der Waals surface area contributed by atoms with Crippen LogP contribution in [0.2, 0.25) is 0 Å². The lowest BCUT2D eigenvalue weighted by molar-refractivity contribution is 0.286. The van der Waals surface area contributed by atoms with Gasteiger partial charge < -0.3 is 10.5 Å². The van der Waals surface area contributed by atoms with Crippen molar-refractivity contribution in [3.63, 3.8) is 0 Å². The summed E-state index contributed by atoms with van der Waals surface area (Å²) in [6.45, 7) is 5.27. The van der Waals surface area contributed by atoms with Crippen molar-refractivity contribution in [2.75, 3.05) is 5.73 Å². The third kappa shape index (κ3) is 3.26. The maximum absolute atomic E-state index is 5.96. The first kappa shape index (κ1) is 13.9. The quantitative estimate of drug-likeness (QED) is 0.859. The van der Waals surface area contributed by atoms with Gasteiger partial charge in [0.2, 0.25) is 0 Å². The van der Waals surface area contributed by atoms with Gasteiger partial charge in [0.25, 0.3) is 0 Å². The average molecular weight is 325 g/mol. The van der Waals surface area contributed by atoms with Gasteiger partial charge >= 0.3 is 0 Å². The number of ether oxygens (including phenoxy) is 1. The van der Waals surface area contributed by atoms with Crippen molar-refractivity contribution in [3.05, 3.63) is 34.3 Å². The van der Waals surface area contributed by atoms with Gasteiger partial charge in [-0.1, -0.05) is 22.9 Å². The summed E-state index contributed by atoms with van der Waals surface area (Å²) in [5, 5.41) is 4.16. The second kappa shape index (κ2) is 6.06. The van der Waals surface area contributed by atoms with Crippen LogP contribution in [0.4, 0.5) is 5.69 Å². The maximum Gasteiger partial charge on any atom is 0.164 e. The third-order valence-electron chi connectivity index (χ3n) is 2.74. The van der Waals surface area contributed by atoms with Crippen molar-refractivity contribution in [2.24, 2.45) is 0 Å². The molecule has 6 heteroatoms. The summed E-state index contributed by atoms with van der Waals surface area (Å²) in [4.78, 5) is 4.20. The number of aromatic nitrogens is 3. The highest BCUT2D eigenvalue weighted by molar-refractivity contribution is 9.10. The van der Waals surface area contributed by atoms with Crippen molar-refractivity contribution in [1.29, 1.82) is 0 Å². The van der Waals surface area contributed by atoms with Crippen LogP contribution in [-0.2, 0) is 13.2 Å². The van der Waals surface area contributed by atoms with E-state index in [0.29, 0.717) is 18.0 Å². The van der Waals surface area contributed by atoms with Gasteiger partial charge in [-0.05, 0) is 31.0 Å². The number of nitrogen functional groups attached to an aromatic ring is 1. The Morgan fingerprint density at radius 3 is 2.89 bits per heavy atom. The van der Waals surface area contributed by atoms with E-state index in [1.165, 1.54) is 0 Å². The Labute approximate surface area is 120 Å². The van der Waals surface area contributed by atoms with Crippen molar-refractivity contribution in [3.8, 4) is 5.75 Å². The topological polar surface area (TPSA) is 66.0 Å². The standard InChI is InChI=1S/C13H17BrN4O/c1-3-4-18-12(16-8-17-18)7-19-13-9(2)5-10(14)6-11(13)15/h5-6,8H,3-4,7,15H2,1-2H3. The first-order valence-corrected chi connectivity index (χ1v) is 6.96. The second-order valence-electron chi connectivity index (χ2n) is 4.33. The monoisotopic (exact) mass is 324 g/mol. The summed E-state index contributed by atoms with van der Waals surface area (Å²) in [6, 6.07) is 3.81.